The van der Waals surface area contributed by atoms with E-state index in [1.165, 1.54) is 24.9 Å². The van der Waals surface area contributed by atoms with E-state index in [-0.39, 0.29) is 0 Å². The summed E-state index contributed by atoms with van der Waals surface area (Å²) < 4.78 is 0. The highest BCUT2D eigenvalue weighted by Gasteiger charge is 1.75. The van der Waals surface area contributed by atoms with E-state index in [2.05, 4.69) is 20.5 Å². The molecule has 0 atom stereocenters. The number of hydrogen-bond acceptors (Lipinski definition) is 0. The first kappa shape index (κ1) is 6.43. The molecule has 0 aromatic rings. The van der Waals surface area contributed by atoms with Gasteiger partial charge < -0.3 is 0 Å². The van der Waals surface area contributed by atoms with Crippen LogP contribution in [0.5, 0.6) is 0 Å². The molecule has 0 spiro atoms. The van der Waals surface area contributed by atoms with Crippen molar-refractivity contribution in [3.05, 3.63) is 0 Å². The zero-order chi connectivity index (χ0) is 4.83. The molecule has 0 bridgehead atoms. The quantitative estimate of drug-likeness (QED) is 0.368. The Kier molecular flexibility index (Phi) is 5.83. The number of hydrogen-bond donors (Lipinski definition) is 0. The largest absolute Gasteiger partial charge is 0.0645 e. The van der Waals surface area contributed by atoms with Crippen molar-refractivity contribution in [2.45, 2.75) is 24.9 Å². The fraction of sp³-hybridized carbons (Fsp3) is 1.00. The van der Waals surface area contributed by atoms with Gasteiger partial charge in [-0.25, -0.2) is 0 Å². The lowest BCUT2D eigenvalue weighted by atomic mass is 10.4. The summed E-state index contributed by atoms with van der Waals surface area (Å²) >= 11 is 0. The van der Waals surface area contributed by atoms with E-state index in [1.807, 2.05) is 0 Å². The summed E-state index contributed by atoms with van der Waals surface area (Å²) in [5.74, 6) is 0. The van der Waals surface area contributed by atoms with Gasteiger partial charge in [0.25, 0.3) is 0 Å². The second-order valence-corrected chi connectivity index (χ2v) is 2.44. The first-order valence-corrected chi connectivity index (χ1v) is 3.95. The predicted octanol–water partition coefficient (Wildman–Crippen LogP) is 0.405. The summed E-state index contributed by atoms with van der Waals surface area (Å²) in [5.41, 5.74) is 0. The number of rotatable bonds is 3. The first-order valence-electron chi connectivity index (χ1n) is 2.32. The summed E-state index contributed by atoms with van der Waals surface area (Å²) in [7, 11) is 5.44. The van der Waals surface area contributed by atoms with E-state index >= 15 is 0 Å². The van der Waals surface area contributed by atoms with Crippen LogP contribution in [0.4, 0.5) is 0 Å². The monoisotopic (exact) mass is 114 g/mol. The Hall–Kier alpha value is 0.434. The summed E-state index contributed by atoms with van der Waals surface area (Å²) in [5, 5.41) is 0. The van der Waals surface area contributed by atoms with Crippen molar-refractivity contribution in [1.82, 2.24) is 0 Å². The second kappa shape index (κ2) is 5.43. The van der Waals surface area contributed by atoms with Crippen LogP contribution >= 0.6 is 0 Å². The van der Waals surface area contributed by atoms with E-state index < -0.39 is 0 Å². The Morgan fingerprint density at radius 2 is 1.17 bits per heavy atom. The highest BCUT2D eigenvalue weighted by atomic mass is 28.1. The molecular weight excluding hydrogens is 104 g/mol. The minimum Gasteiger partial charge on any atom is -0.0645 e. The van der Waals surface area contributed by atoms with Crippen molar-refractivity contribution < 1.29 is 0 Å². The Morgan fingerprint density at radius 3 is 1.33 bits per heavy atom. The van der Waals surface area contributed by atoms with Crippen LogP contribution in [0.25, 0.3) is 0 Å². The van der Waals surface area contributed by atoms with E-state index in [0.717, 1.165) is 0 Å². The smallest absolute Gasteiger partial charge is 0.0143 e. The zero-order valence-electron chi connectivity index (χ0n) is 3.98. The van der Waals surface area contributed by atoms with Gasteiger partial charge in [0.1, 0.15) is 0 Å². The van der Waals surface area contributed by atoms with E-state index in [4.69, 9.17) is 0 Å². The van der Waals surface area contributed by atoms with Crippen molar-refractivity contribution in [3.63, 3.8) is 0 Å². The van der Waals surface area contributed by atoms with E-state index in [1.54, 1.807) is 0 Å². The maximum atomic E-state index is 2.72. The van der Waals surface area contributed by atoms with E-state index in [0.29, 0.717) is 0 Å². The maximum absolute atomic E-state index is 2.72. The van der Waals surface area contributed by atoms with Crippen molar-refractivity contribution in [2.24, 2.45) is 0 Å². The fourth-order valence-corrected chi connectivity index (χ4v) is 0.866. The third kappa shape index (κ3) is 4.43. The van der Waals surface area contributed by atoms with Crippen LogP contribution in [0.2, 0.25) is 12.1 Å². The average molecular weight is 114 g/mol. The summed E-state index contributed by atoms with van der Waals surface area (Å²) in [6, 6.07) is 2.52. The molecule has 6 heavy (non-hydrogen) atoms. The third-order valence-corrected chi connectivity index (χ3v) is 1.47. The molecule has 0 unspecified atom stereocenters. The first-order chi connectivity index (χ1) is 2.91. The molecule has 0 aromatic carbocycles. The van der Waals surface area contributed by atoms with Gasteiger partial charge in [-0.2, -0.15) is 0 Å². The minimum atomic E-state index is 1.26. The molecule has 0 aliphatic heterocycles. The van der Waals surface area contributed by atoms with Crippen LogP contribution in [0.3, 0.4) is 0 Å². The second-order valence-electron chi connectivity index (χ2n) is 1.28. The van der Waals surface area contributed by atoms with Gasteiger partial charge in [-0.05, 0) is 0 Å². The molecule has 0 aliphatic rings. The van der Waals surface area contributed by atoms with Gasteiger partial charge in [0, 0.05) is 20.5 Å². The minimum absolute atomic E-state index is 1.26. The molecule has 0 fully saturated rings. The maximum Gasteiger partial charge on any atom is 0.0143 e. The molecule has 0 rings (SSSR count). The van der Waals surface area contributed by atoms with E-state index in [9.17, 15) is 0 Å². The van der Waals surface area contributed by atoms with Crippen molar-refractivity contribution in [3.8, 4) is 0 Å². The Morgan fingerprint density at radius 1 is 0.833 bits per heavy atom. The summed E-state index contributed by atoms with van der Waals surface area (Å²) in [6.45, 7) is 0. The lowest BCUT2D eigenvalue weighted by Crippen LogP contribution is -1.71. The lowest BCUT2D eigenvalue weighted by Gasteiger charge is -1.85. The molecule has 0 saturated carbocycles. The molecule has 4 radical (unpaired) electrons. The molecule has 0 amide bonds. The van der Waals surface area contributed by atoms with Gasteiger partial charge in [-0.15, -0.1) is 0 Å². The summed E-state index contributed by atoms with van der Waals surface area (Å²) in [4.78, 5) is 0. The fourth-order valence-electron chi connectivity index (χ4n) is 0.289. The van der Waals surface area contributed by atoms with Crippen LogP contribution in [0.15, 0.2) is 0 Å². The molecule has 0 aliphatic carbocycles. The standard InChI is InChI=1S/C4H10Si2/c5-3-1-2-4-6/h5-6H,1-4H2. The highest BCUT2D eigenvalue weighted by Crippen LogP contribution is 1.93. The van der Waals surface area contributed by atoms with Gasteiger partial charge in [0.2, 0.25) is 0 Å². The molecule has 0 nitrogen and oxygen atoms in total. The Labute approximate surface area is 46.2 Å². The topological polar surface area (TPSA) is 0 Å². The van der Waals surface area contributed by atoms with Gasteiger partial charge in [0.15, 0.2) is 0 Å². The lowest BCUT2D eigenvalue weighted by molar-refractivity contribution is 0.881. The highest BCUT2D eigenvalue weighted by molar-refractivity contribution is 6.09. The van der Waals surface area contributed by atoms with Gasteiger partial charge in [-0.1, -0.05) is 24.9 Å². The van der Waals surface area contributed by atoms with Gasteiger partial charge in [0.05, 0.1) is 0 Å². The van der Waals surface area contributed by atoms with Crippen molar-refractivity contribution >= 4 is 20.5 Å². The Bertz CT molecular complexity index is 17.5. The molecule has 2 heteroatoms. The van der Waals surface area contributed by atoms with Crippen LogP contribution < -0.4 is 0 Å². The van der Waals surface area contributed by atoms with Crippen LogP contribution in [0, 0.1) is 0 Å². The molecule has 0 aromatic heterocycles. The molecule has 0 saturated heterocycles. The molecule has 34 valence electrons. The van der Waals surface area contributed by atoms with Gasteiger partial charge in [-0.3, -0.25) is 0 Å². The molecule has 0 N–H and O–H groups in total. The van der Waals surface area contributed by atoms with Crippen molar-refractivity contribution in [2.75, 3.05) is 0 Å². The SMILES string of the molecule is [SiH]CCCC[SiH]. The third-order valence-electron chi connectivity index (χ3n) is 0.658. The average Bonchev–Trinajstić information content (AvgIpc) is 1.61. The molecule has 0 heterocycles. The van der Waals surface area contributed by atoms with Crippen LogP contribution in [-0.4, -0.2) is 20.5 Å². The Balaban J connectivity index is 2.34. The normalized spacial score (nSPS) is 9.00. The van der Waals surface area contributed by atoms with Crippen molar-refractivity contribution in [1.29, 1.82) is 0 Å². The zero-order valence-corrected chi connectivity index (χ0v) is 6.29. The number of unbranched alkanes of at least 4 members (excludes halogenated alkanes) is 1. The van der Waals surface area contributed by atoms with Crippen LogP contribution in [0.1, 0.15) is 12.8 Å². The van der Waals surface area contributed by atoms with Gasteiger partial charge >= 0.3 is 0 Å². The predicted molar refractivity (Wildman–Crippen MR) is 33.1 cm³/mol. The molecular formula is C4H10Si2. The summed E-state index contributed by atoms with van der Waals surface area (Å²) in [6.07, 6.45) is 2.71. The van der Waals surface area contributed by atoms with Crippen LogP contribution in [-0.2, 0) is 0 Å².